The van der Waals surface area contributed by atoms with E-state index >= 15 is 0 Å². The Kier molecular flexibility index (Phi) is 3.04. The van der Waals surface area contributed by atoms with Crippen LogP contribution in [-0.4, -0.2) is 15.1 Å². The number of nitrogens with zero attached hydrogens (tertiary/aromatic N) is 3. The Labute approximate surface area is 87.5 Å². The van der Waals surface area contributed by atoms with Crippen LogP contribution in [0.2, 0.25) is 0 Å². The number of hydrogen-bond acceptors (Lipinski definition) is 5. The fourth-order valence-electron chi connectivity index (χ4n) is 1.18. The molecule has 0 bridgehead atoms. The van der Waals surface area contributed by atoms with E-state index in [2.05, 4.69) is 25.0 Å². The molecule has 15 heavy (non-hydrogen) atoms. The second kappa shape index (κ2) is 4.65. The molecule has 2 heterocycles. The first kappa shape index (κ1) is 9.79. The van der Waals surface area contributed by atoms with Crippen molar-refractivity contribution in [1.82, 2.24) is 20.4 Å². The van der Waals surface area contributed by atoms with Crippen LogP contribution in [0, 0.1) is 6.92 Å². The maximum Gasteiger partial charge on any atom is 0.213 e. The molecule has 5 heteroatoms. The van der Waals surface area contributed by atoms with Crippen LogP contribution in [-0.2, 0) is 13.1 Å². The van der Waals surface area contributed by atoms with Gasteiger partial charge in [0.25, 0.3) is 0 Å². The van der Waals surface area contributed by atoms with Gasteiger partial charge in [0, 0.05) is 12.7 Å². The van der Waals surface area contributed by atoms with Gasteiger partial charge < -0.3 is 9.84 Å². The summed E-state index contributed by atoms with van der Waals surface area (Å²) in [5.74, 6) is 0.655. The van der Waals surface area contributed by atoms with Crippen LogP contribution in [0.15, 0.2) is 29.2 Å². The zero-order valence-corrected chi connectivity index (χ0v) is 8.47. The fraction of sp³-hybridized carbons (Fsp3) is 0.300. The Bertz CT molecular complexity index is 396. The van der Waals surface area contributed by atoms with Crippen molar-refractivity contribution in [2.45, 2.75) is 20.0 Å². The lowest BCUT2D eigenvalue weighted by Gasteiger charge is -2.01. The largest absolute Gasteiger partial charge is 0.343 e. The normalized spacial score (nSPS) is 10.5. The third-order valence-corrected chi connectivity index (χ3v) is 1.97. The van der Waals surface area contributed by atoms with E-state index < -0.39 is 0 Å². The topological polar surface area (TPSA) is 63.8 Å². The number of aromatic nitrogens is 3. The summed E-state index contributed by atoms with van der Waals surface area (Å²) >= 11 is 0. The molecule has 0 aliphatic heterocycles. The summed E-state index contributed by atoms with van der Waals surface area (Å²) in [6.07, 6.45) is 3.17. The first-order valence-corrected chi connectivity index (χ1v) is 4.72. The third kappa shape index (κ3) is 2.85. The van der Waals surface area contributed by atoms with Crippen molar-refractivity contribution in [3.8, 4) is 0 Å². The first-order valence-electron chi connectivity index (χ1n) is 4.72. The average molecular weight is 204 g/mol. The van der Waals surface area contributed by atoms with Crippen molar-refractivity contribution in [1.29, 1.82) is 0 Å². The number of rotatable bonds is 4. The minimum atomic E-state index is 0.589. The van der Waals surface area contributed by atoms with Gasteiger partial charge in [-0.3, -0.25) is 4.98 Å². The van der Waals surface area contributed by atoms with Gasteiger partial charge >= 0.3 is 0 Å². The summed E-state index contributed by atoms with van der Waals surface area (Å²) in [5, 5.41) is 6.87. The van der Waals surface area contributed by atoms with Crippen LogP contribution in [0.1, 0.15) is 17.1 Å². The summed E-state index contributed by atoms with van der Waals surface area (Å²) < 4.78 is 4.62. The van der Waals surface area contributed by atoms with E-state index in [9.17, 15) is 0 Å². The Balaban J connectivity index is 1.81. The van der Waals surface area contributed by atoms with Crippen molar-refractivity contribution in [3.05, 3.63) is 41.8 Å². The van der Waals surface area contributed by atoms with Crippen molar-refractivity contribution in [2.75, 3.05) is 0 Å². The molecule has 0 saturated heterocycles. The quantitative estimate of drug-likeness (QED) is 0.806. The van der Waals surface area contributed by atoms with Gasteiger partial charge in [-0.2, -0.15) is 4.98 Å². The highest BCUT2D eigenvalue weighted by Crippen LogP contribution is 1.98. The molecule has 0 aliphatic carbocycles. The fourth-order valence-corrected chi connectivity index (χ4v) is 1.18. The van der Waals surface area contributed by atoms with Gasteiger partial charge in [0.15, 0.2) is 5.82 Å². The van der Waals surface area contributed by atoms with Crippen molar-refractivity contribution in [3.63, 3.8) is 0 Å². The second-order valence-electron chi connectivity index (χ2n) is 3.28. The predicted octanol–water partition coefficient (Wildman–Crippen LogP) is 1.06. The van der Waals surface area contributed by atoms with E-state index in [0.29, 0.717) is 18.9 Å². The molecule has 2 aromatic rings. The van der Waals surface area contributed by atoms with Crippen LogP contribution in [0.3, 0.4) is 0 Å². The molecule has 2 aromatic heterocycles. The van der Waals surface area contributed by atoms with Crippen LogP contribution >= 0.6 is 0 Å². The van der Waals surface area contributed by atoms with E-state index in [1.54, 1.807) is 0 Å². The second-order valence-corrected chi connectivity index (χ2v) is 3.28. The maximum absolute atomic E-state index is 4.62. The number of nitrogens with one attached hydrogen (secondary N) is 1. The smallest absolute Gasteiger partial charge is 0.213 e. The summed E-state index contributed by atoms with van der Waals surface area (Å²) in [6, 6.07) is 4.04. The SMILES string of the molecule is Cc1ccc(CNCc2ncon2)nc1. The standard InChI is InChI=1S/C10H12N4O/c1-8-2-3-9(12-4-8)5-11-6-10-13-7-15-14-10/h2-4,7,11H,5-6H2,1H3. The van der Waals surface area contributed by atoms with Crippen molar-refractivity contribution >= 4 is 0 Å². The van der Waals surface area contributed by atoms with Gasteiger partial charge in [-0.05, 0) is 18.6 Å². The van der Waals surface area contributed by atoms with Gasteiger partial charge in [-0.1, -0.05) is 11.2 Å². The highest BCUT2D eigenvalue weighted by atomic mass is 16.5. The Morgan fingerprint density at radius 2 is 2.20 bits per heavy atom. The maximum atomic E-state index is 4.62. The van der Waals surface area contributed by atoms with Crippen LogP contribution < -0.4 is 5.32 Å². The lowest BCUT2D eigenvalue weighted by Crippen LogP contribution is -2.14. The molecule has 0 fully saturated rings. The molecule has 0 spiro atoms. The average Bonchev–Trinajstić information content (AvgIpc) is 2.74. The molecular formula is C10H12N4O. The minimum absolute atomic E-state index is 0.589. The van der Waals surface area contributed by atoms with Gasteiger partial charge in [-0.15, -0.1) is 0 Å². The van der Waals surface area contributed by atoms with E-state index in [-0.39, 0.29) is 0 Å². The molecule has 0 amide bonds. The van der Waals surface area contributed by atoms with E-state index in [0.717, 1.165) is 11.3 Å². The lowest BCUT2D eigenvalue weighted by atomic mass is 10.3. The summed E-state index contributed by atoms with van der Waals surface area (Å²) in [4.78, 5) is 8.17. The van der Waals surface area contributed by atoms with Crippen LogP contribution in [0.25, 0.3) is 0 Å². The summed E-state index contributed by atoms with van der Waals surface area (Å²) in [5.41, 5.74) is 2.17. The highest BCUT2D eigenvalue weighted by Gasteiger charge is 1.98. The zero-order valence-electron chi connectivity index (χ0n) is 8.47. The number of hydrogen-bond donors (Lipinski definition) is 1. The summed E-state index contributed by atoms with van der Waals surface area (Å²) in [7, 11) is 0. The zero-order chi connectivity index (χ0) is 10.5. The number of aryl methyl sites for hydroxylation is 1. The van der Waals surface area contributed by atoms with E-state index in [1.165, 1.54) is 6.39 Å². The first-order chi connectivity index (χ1) is 7.34. The minimum Gasteiger partial charge on any atom is -0.343 e. The molecule has 0 atom stereocenters. The molecule has 0 aliphatic rings. The molecular weight excluding hydrogens is 192 g/mol. The molecule has 2 rings (SSSR count). The third-order valence-electron chi connectivity index (χ3n) is 1.97. The molecule has 1 N–H and O–H groups in total. The van der Waals surface area contributed by atoms with Gasteiger partial charge in [0.2, 0.25) is 6.39 Å². The predicted molar refractivity (Wildman–Crippen MR) is 53.8 cm³/mol. The van der Waals surface area contributed by atoms with E-state index in [4.69, 9.17) is 0 Å². The molecule has 78 valence electrons. The lowest BCUT2D eigenvalue weighted by molar-refractivity contribution is 0.407. The Hall–Kier alpha value is -1.75. The molecule has 0 unspecified atom stereocenters. The Morgan fingerprint density at radius 1 is 1.27 bits per heavy atom. The Morgan fingerprint density at radius 3 is 2.87 bits per heavy atom. The summed E-state index contributed by atoms with van der Waals surface area (Å²) in [6.45, 7) is 3.31. The molecule has 0 radical (unpaired) electrons. The van der Waals surface area contributed by atoms with Gasteiger partial charge in [0.1, 0.15) is 0 Å². The monoisotopic (exact) mass is 204 g/mol. The highest BCUT2D eigenvalue weighted by molar-refractivity contribution is 5.11. The van der Waals surface area contributed by atoms with Crippen molar-refractivity contribution < 1.29 is 4.52 Å². The molecule has 0 saturated carbocycles. The number of pyridine rings is 1. The van der Waals surface area contributed by atoms with Gasteiger partial charge in [-0.25, -0.2) is 0 Å². The van der Waals surface area contributed by atoms with Crippen LogP contribution in [0.4, 0.5) is 0 Å². The van der Waals surface area contributed by atoms with Crippen molar-refractivity contribution in [2.24, 2.45) is 0 Å². The molecule has 5 nitrogen and oxygen atoms in total. The van der Waals surface area contributed by atoms with Crippen LogP contribution in [0.5, 0.6) is 0 Å². The van der Waals surface area contributed by atoms with E-state index in [1.807, 2.05) is 25.3 Å². The van der Waals surface area contributed by atoms with Gasteiger partial charge in [0.05, 0.1) is 12.2 Å². The molecule has 0 aromatic carbocycles.